The Kier molecular flexibility index (Phi) is 5.43. The molecule has 0 saturated carbocycles. The number of hydrazone groups is 1. The maximum Gasteiger partial charge on any atom is 0.291 e. The summed E-state index contributed by atoms with van der Waals surface area (Å²) >= 11 is 0. The minimum Gasteiger partial charge on any atom is -0.455 e. The van der Waals surface area contributed by atoms with E-state index in [1.54, 1.807) is 24.4 Å². The lowest BCUT2D eigenvalue weighted by molar-refractivity contribution is 0.0948. The molecule has 2 heterocycles. The highest BCUT2D eigenvalue weighted by Gasteiger charge is 2.28. The maximum atomic E-state index is 12.8. The van der Waals surface area contributed by atoms with Crippen LogP contribution >= 0.6 is 0 Å². The SMILES string of the molecule is Cc1cccc(NC(=O)c2oc3c(c2C)/C(=N/NC(=O)c2ccccn2)CCC3)c1. The number of nitrogens with zero attached hydrogens (tertiary/aromatic N) is 2. The number of nitrogens with one attached hydrogen (secondary N) is 2. The molecule has 2 aromatic heterocycles. The summed E-state index contributed by atoms with van der Waals surface area (Å²) in [7, 11) is 0. The molecule has 3 aromatic rings. The van der Waals surface area contributed by atoms with Crippen molar-refractivity contribution < 1.29 is 14.0 Å². The Hall–Kier alpha value is -3.74. The largest absolute Gasteiger partial charge is 0.455 e. The van der Waals surface area contributed by atoms with Crippen LogP contribution in [0.25, 0.3) is 0 Å². The Balaban J connectivity index is 1.57. The number of fused-ring (bicyclic) bond motifs is 1. The van der Waals surface area contributed by atoms with Gasteiger partial charge < -0.3 is 9.73 Å². The average molecular weight is 402 g/mol. The van der Waals surface area contributed by atoms with Crippen LogP contribution in [0.3, 0.4) is 0 Å². The molecule has 0 atom stereocenters. The molecule has 152 valence electrons. The molecule has 0 fully saturated rings. The summed E-state index contributed by atoms with van der Waals surface area (Å²) in [5.41, 5.74) is 6.86. The van der Waals surface area contributed by atoms with Crippen molar-refractivity contribution in [3.63, 3.8) is 0 Å². The van der Waals surface area contributed by atoms with Gasteiger partial charge in [0, 0.05) is 29.4 Å². The zero-order valence-corrected chi connectivity index (χ0v) is 16.9. The second kappa shape index (κ2) is 8.32. The molecule has 2 N–H and O–H groups in total. The van der Waals surface area contributed by atoms with Crippen molar-refractivity contribution in [1.29, 1.82) is 0 Å². The van der Waals surface area contributed by atoms with Gasteiger partial charge in [-0.15, -0.1) is 0 Å². The molecule has 0 aliphatic heterocycles. The van der Waals surface area contributed by atoms with Crippen LogP contribution in [-0.2, 0) is 6.42 Å². The van der Waals surface area contributed by atoms with Crippen LogP contribution in [0, 0.1) is 13.8 Å². The lowest BCUT2D eigenvalue weighted by Gasteiger charge is -2.13. The molecule has 0 spiro atoms. The predicted molar refractivity (Wildman–Crippen MR) is 114 cm³/mol. The third-order valence-corrected chi connectivity index (χ3v) is 5.00. The number of rotatable bonds is 4. The monoisotopic (exact) mass is 402 g/mol. The number of anilines is 1. The van der Waals surface area contributed by atoms with E-state index in [1.165, 1.54) is 0 Å². The number of aromatic nitrogens is 1. The van der Waals surface area contributed by atoms with Gasteiger partial charge in [-0.05, 0) is 56.5 Å². The van der Waals surface area contributed by atoms with Crippen LogP contribution in [-0.4, -0.2) is 22.5 Å². The topological polar surface area (TPSA) is 96.6 Å². The second-order valence-electron chi connectivity index (χ2n) is 7.25. The fourth-order valence-corrected chi connectivity index (χ4v) is 3.58. The van der Waals surface area contributed by atoms with Crippen molar-refractivity contribution in [2.45, 2.75) is 33.1 Å². The first kappa shape index (κ1) is 19.6. The molecule has 0 radical (unpaired) electrons. The number of aryl methyl sites for hydroxylation is 2. The number of benzene rings is 1. The smallest absolute Gasteiger partial charge is 0.291 e. The molecule has 2 amide bonds. The molecule has 4 rings (SSSR count). The minimum absolute atomic E-state index is 0.271. The Morgan fingerprint density at radius 2 is 1.93 bits per heavy atom. The number of hydrogen-bond donors (Lipinski definition) is 2. The molecule has 7 heteroatoms. The molecule has 1 aliphatic rings. The van der Waals surface area contributed by atoms with Gasteiger partial charge in [-0.2, -0.15) is 5.10 Å². The number of furan rings is 1. The van der Waals surface area contributed by atoms with E-state index in [1.807, 2.05) is 38.1 Å². The molecule has 1 aromatic carbocycles. The highest BCUT2D eigenvalue weighted by atomic mass is 16.4. The van der Waals surface area contributed by atoms with Crippen LogP contribution in [0.2, 0.25) is 0 Å². The van der Waals surface area contributed by atoms with Crippen molar-refractivity contribution >= 4 is 23.2 Å². The lowest BCUT2D eigenvalue weighted by Crippen LogP contribution is -2.22. The predicted octanol–water partition coefficient (Wildman–Crippen LogP) is 4.01. The van der Waals surface area contributed by atoms with Gasteiger partial charge in [0.05, 0.1) is 5.71 Å². The summed E-state index contributed by atoms with van der Waals surface area (Å²) in [6.07, 6.45) is 3.80. The molecular weight excluding hydrogens is 380 g/mol. The maximum absolute atomic E-state index is 12.8. The Morgan fingerprint density at radius 1 is 1.07 bits per heavy atom. The standard InChI is InChI=1S/C23H22N4O3/c1-14-7-5-8-16(13-14)25-23(29)21-15(2)20-17(10-6-11-19(20)30-21)26-27-22(28)18-9-3-4-12-24-18/h3-5,7-9,12-13H,6,10-11H2,1-2H3,(H,25,29)(H,27,28)/b26-17+. The van der Waals surface area contributed by atoms with E-state index >= 15 is 0 Å². The van der Waals surface area contributed by atoms with Gasteiger partial charge in [-0.25, -0.2) is 5.43 Å². The van der Waals surface area contributed by atoms with Crippen LogP contribution in [0.4, 0.5) is 5.69 Å². The van der Waals surface area contributed by atoms with Crippen molar-refractivity contribution in [1.82, 2.24) is 10.4 Å². The first-order valence-corrected chi connectivity index (χ1v) is 9.81. The molecular formula is C23H22N4O3. The van der Waals surface area contributed by atoms with Crippen molar-refractivity contribution in [2.24, 2.45) is 5.10 Å². The van der Waals surface area contributed by atoms with Crippen molar-refractivity contribution in [3.05, 3.63) is 82.6 Å². The first-order valence-electron chi connectivity index (χ1n) is 9.81. The number of pyridine rings is 1. The zero-order chi connectivity index (χ0) is 21.1. The number of amides is 2. The van der Waals surface area contributed by atoms with Gasteiger partial charge in [0.25, 0.3) is 11.8 Å². The highest BCUT2D eigenvalue weighted by molar-refractivity contribution is 6.09. The van der Waals surface area contributed by atoms with E-state index in [0.717, 1.165) is 35.3 Å². The Morgan fingerprint density at radius 3 is 2.70 bits per heavy atom. The van der Waals surface area contributed by atoms with Crippen molar-refractivity contribution in [3.8, 4) is 0 Å². The lowest BCUT2D eigenvalue weighted by atomic mass is 9.93. The molecule has 7 nitrogen and oxygen atoms in total. The third kappa shape index (κ3) is 4.00. The molecule has 0 unspecified atom stereocenters. The number of carbonyl (C=O) groups excluding carboxylic acids is 2. The van der Waals surface area contributed by atoms with E-state index < -0.39 is 0 Å². The van der Waals surface area contributed by atoms with E-state index in [9.17, 15) is 9.59 Å². The number of hydrogen-bond acceptors (Lipinski definition) is 5. The van der Waals surface area contributed by atoms with Gasteiger partial charge in [0.1, 0.15) is 11.5 Å². The molecule has 0 saturated heterocycles. The number of carbonyl (C=O) groups is 2. The van der Waals surface area contributed by atoms with Gasteiger partial charge in [-0.1, -0.05) is 18.2 Å². The van der Waals surface area contributed by atoms with E-state index in [0.29, 0.717) is 23.5 Å². The van der Waals surface area contributed by atoms with Gasteiger partial charge in [0.15, 0.2) is 5.76 Å². The molecule has 1 aliphatic carbocycles. The van der Waals surface area contributed by atoms with Gasteiger partial charge >= 0.3 is 0 Å². The summed E-state index contributed by atoms with van der Waals surface area (Å²) in [4.78, 5) is 29.1. The van der Waals surface area contributed by atoms with E-state index in [-0.39, 0.29) is 17.6 Å². The van der Waals surface area contributed by atoms with E-state index in [2.05, 4.69) is 20.8 Å². The summed E-state index contributed by atoms with van der Waals surface area (Å²) in [6.45, 7) is 3.81. The quantitative estimate of drug-likeness (QED) is 0.644. The van der Waals surface area contributed by atoms with E-state index in [4.69, 9.17) is 4.42 Å². The Bertz CT molecular complexity index is 1130. The van der Waals surface area contributed by atoms with Gasteiger partial charge in [0.2, 0.25) is 0 Å². The van der Waals surface area contributed by atoms with Gasteiger partial charge in [-0.3, -0.25) is 14.6 Å². The normalized spacial score (nSPS) is 14.3. The van der Waals surface area contributed by atoms with Crippen LogP contribution < -0.4 is 10.7 Å². The summed E-state index contributed by atoms with van der Waals surface area (Å²) in [5, 5.41) is 7.20. The third-order valence-electron chi connectivity index (χ3n) is 5.00. The fourth-order valence-electron chi connectivity index (χ4n) is 3.58. The average Bonchev–Trinajstić information content (AvgIpc) is 3.10. The summed E-state index contributed by atoms with van der Waals surface area (Å²) in [6, 6.07) is 12.7. The second-order valence-corrected chi connectivity index (χ2v) is 7.25. The van der Waals surface area contributed by atoms with Crippen molar-refractivity contribution in [2.75, 3.05) is 5.32 Å². The minimum atomic E-state index is -0.381. The fraction of sp³-hybridized carbons (Fsp3) is 0.217. The molecule has 0 bridgehead atoms. The van der Waals surface area contributed by atoms with Crippen LogP contribution in [0.5, 0.6) is 0 Å². The van der Waals surface area contributed by atoms with Crippen LogP contribution in [0.1, 0.15) is 56.3 Å². The van der Waals surface area contributed by atoms with Crippen LogP contribution in [0.15, 0.2) is 58.2 Å². The Labute approximate surface area is 174 Å². The molecule has 30 heavy (non-hydrogen) atoms. The first-order chi connectivity index (χ1) is 14.5. The highest BCUT2D eigenvalue weighted by Crippen LogP contribution is 2.30. The zero-order valence-electron chi connectivity index (χ0n) is 16.9. The summed E-state index contributed by atoms with van der Waals surface area (Å²) < 4.78 is 5.90. The summed E-state index contributed by atoms with van der Waals surface area (Å²) in [5.74, 6) is 0.310.